The number of carbonyl (C=O) groups is 1. The van der Waals surface area contributed by atoms with Crippen LogP contribution >= 0.6 is 15.9 Å². The highest BCUT2D eigenvalue weighted by molar-refractivity contribution is 9.10. The standard InChI is InChI=1S/C9H6BrN3O2/c10-6-3-7(9(14)15)8(12-4-6)13-2-1-11-5-13/h1-5H,(H,14,15). The zero-order valence-electron chi connectivity index (χ0n) is 7.46. The van der Waals surface area contributed by atoms with Crippen molar-refractivity contribution in [2.24, 2.45) is 0 Å². The van der Waals surface area contributed by atoms with Crippen LogP contribution in [0, 0.1) is 0 Å². The van der Waals surface area contributed by atoms with Crippen molar-refractivity contribution < 1.29 is 9.90 Å². The fraction of sp³-hybridized carbons (Fsp3) is 0. The quantitative estimate of drug-likeness (QED) is 0.900. The van der Waals surface area contributed by atoms with Gasteiger partial charge in [0.1, 0.15) is 11.9 Å². The number of nitrogens with zero attached hydrogens (tertiary/aromatic N) is 3. The van der Waals surface area contributed by atoms with Gasteiger partial charge in [-0.05, 0) is 22.0 Å². The number of hydrogen-bond acceptors (Lipinski definition) is 3. The van der Waals surface area contributed by atoms with Crippen molar-refractivity contribution in [2.45, 2.75) is 0 Å². The highest BCUT2D eigenvalue weighted by Crippen LogP contribution is 2.17. The zero-order valence-corrected chi connectivity index (χ0v) is 9.05. The number of carboxylic acids is 1. The number of halogens is 1. The number of aromatic carboxylic acids is 1. The SMILES string of the molecule is O=C(O)c1cc(Br)cnc1-n1ccnc1. The summed E-state index contributed by atoms with van der Waals surface area (Å²) in [5.74, 6) is -0.671. The molecule has 0 spiro atoms. The Morgan fingerprint density at radius 3 is 2.93 bits per heavy atom. The maximum atomic E-state index is 11.0. The summed E-state index contributed by atoms with van der Waals surface area (Å²) in [4.78, 5) is 18.9. The van der Waals surface area contributed by atoms with Crippen molar-refractivity contribution in [2.75, 3.05) is 0 Å². The molecule has 0 bridgehead atoms. The van der Waals surface area contributed by atoms with Crippen molar-refractivity contribution >= 4 is 21.9 Å². The van der Waals surface area contributed by atoms with Crippen LogP contribution in [0.3, 0.4) is 0 Å². The number of carboxylic acid groups (broad SMARTS) is 1. The van der Waals surface area contributed by atoms with Crippen molar-refractivity contribution in [1.82, 2.24) is 14.5 Å². The smallest absolute Gasteiger partial charge is 0.339 e. The molecular weight excluding hydrogens is 262 g/mol. The van der Waals surface area contributed by atoms with Gasteiger partial charge < -0.3 is 5.11 Å². The summed E-state index contributed by atoms with van der Waals surface area (Å²) in [5.41, 5.74) is 0.127. The lowest BCUT2D eigenvalue weighted by Crippen LogP contribution is -2.06. The van der Waals surface area contributed by atoms with Gasteiger partial charge in [-0.3, -0.25) is 4.57 Å². The van der Waals surface area contributed by atoms with Gasteiger partial charge in [0.05, 0.1) is 0 Å². The molecule has 0 radical (unpaired) electrons. The van der Waals surface area contributed by atoms with E-state index in [1.165, 1.54) is 12.4 Å². The van der Waals surface area contributed by atoms with E-state index in [0.29, 0.717) is 10.3 Å². The maximum Gasteiger partial charge on any atom is 0.339 e. The first kappa shape index (κ1) is 9.85. The number of aromatic nitrogens is 3. The van der Waals surface area contributed by atoms with Gasteiger partial charge in [-0.15, -0.1) is 0 Å². The molecule has 15 heavy (non-hydrogen) atoms. The fourth-order valence-corrected chi connectivity index (χ4v) is 1.51. The third kappa shape index (κ3) is 1.89. The van der Waals surface area contributed by atoms with E-state index in [4.69, 9.17) is 5.11 Å². The average molecular weight is 268 g/mol. The molecule has 0 aliphatic carbocycles. The van der Waals surface area contributed by atoms with Crippen LogP contribution in [-0.4, -0.2) is 25.6 Å². The van der Waals surface area contributed by atoms with Crippen LogP contribution in [0.2, 0.25) is 0 Å². The van der Waals surface area contributed by atoms with Gasteiger partial charge in [0.2, 0.25) is 0 Å². The normalized spacial score (nSPS) is 10.2. The van der Waals surface area contributed by atoms with Crippen LogP contribution in [-0.2, 0) is 0 Å². The predicted octanol–water partition coefficient (Wildman–Crippen LogP) is 1.73. The van der Waals surface area contributed by atoms with Gasteiger partial charge >= 0.3 is 5.97 Å². The van der Waals surface area contributed by atoms with Gasteiger partial charge in [0.25, 0.3) is 0 Å². The molecule has 0 unspecified atom stereocenters. The predicted molar refractivity (Wildman–Crippen MR) is 56.0 cm³/mol. The van der Waals surface area contributed by atoms with Gasteiger partial charge in [-0.2, -0.15) is 0 Å². The molecule has 2 aromatic heterocycles. The third-order valence-corrected chi connectivity index (χ3v) is 2.25. The molecular formula is C9H6BrN3O2. The highest BCUT2D eigenvalue weighted by Gasteiger charge is 2.13. The number of imidazole rings is 1. The van der Waals surface area contributed by atoms with Crippen LogP contribution in [0.5, 0.6) is 0 Å². The minimum Gasteiger partial charge on any atom is -0.478 e. The Kier molecular flexibility index (Phi) is 2.51. The van der Waals surface area contributed by atoms with E-state index in [-0.39, 0.29) is 5.56 Å². The van der Waals surface area contributed by atoms with E-state index in [1.54, 1.807) is 23.2 Å². The lowest BCUT2D eigenvalue weighted by atomic mass is 10.2. The van der Waals surface area contributed by atoms with Crippen LogP contribution < -0.4 is 0 Å². The third-order valence-electron chi connectivity index (χ3n) is 1.81. The Morgan fingerprint density at radius 2 is 2.33 bits per heavy atom. The number of pyridine rings is 1. The first-order valence-electron chi connectivity index (χ1n) is 4.05. The summed E-state index contributed by atoms with van der Waals surface area (Å²) in [6, 6.07) is 1.50. The van der Waals surface area contributed by atoms with Crippen molar-refractivity contribution in [1.29, 1.82) is 0 Å². The minimum atomic E-state index is -1.02. The molecule has 0 fully saturated rings. The molecule has 6 heteroatoms. The number of hydrogen-bond donors (Lipinski definition) is 1. The van der Waals surface area contributed by atoms with E-state index in [9.17, 15) is 4.79 Å². The zero-order chi connectivity index (χ0) is 10.8. The average Bonchev–Trinajstić information content (AvgIpc) is 2.70. The molecule has 1 N–H and O–H groups in total. The van der Waals surface area contributed by atoms with E-state index in [2.05, 4.69) is 25.9 Å². The molecule has 5 nitrogen and oxygen atoms in total. The summed E-state index contributed by atoms with van der Waals surface area (Å²) in [7, 11) is 0. The molecule has 0 saturated carbocycles. The van der Waals surface area contributed by atoms with Crippen LogP contribution in [0.4, 0.5) is 0 Å². The van der Waals surface area contributed by atoms with Gasteiger partial charge in [-0.25, -0.2) is 14.8 Å². The molecule has 0 aromatic carbocycles. The van der Waals surface area contributed by atoms with Gasteiger partial charge in [0, 0.05) is 23.1 Å². The Morgan fingerprint density at radius 1 is 1.53 bits per heavy atom. The molecule has 2 aromatic rings. The topological polar surface area (TPSA) is 68.0 Å². The molecule has 0 amide bonds. The van der Waals surface area contributed by atoms with Crippen molar-refractivity contribution in [3.05, 3.63) is 41.0 Å². The van der Waals surface area contributed by atoms with Crippen molar-refractivity contribution in [3.63, 3.8) is 0 Å². The highest BCUT2D eigenvalue weighted by atomic mass is 79.9. The first-order chi connectivity index (χ1) is 7.18. The summed E-state index contributed by atoms with van der Waals surface area (Å²) in [5, 5.41) is 8.99. The summed E-state index contributed by atoms with van der Waals surface area (Å²) >= 11 is 3.18. The van der Waals surface area contributed by atoms with Gasteiger partial charge in [-0.1, -0.05) is 0 Å². The molecule has 0 atom stereocenters. The minimum absolute atomic E-state index is 0.127. The van der Waals surface area contributed by atoms with E-state index < -0.39 is 5.97 Å². The molecule has 76 valence electrons. The van der Waals surface area contributed by atoms with E-state index in [0.717, 1.165) is 0 Å². The van der Waals surface area contributed by atoms with Gasteiger partial charge in [0.15, 0.2) is 5.82 Å². The second-order valence-electron chi connectivity index (χ2n) is 2.80. The Bertz CT molecular complexity index is 496. The summed E-state index contributed by atoms with van der Waals surface area (Å²) in [6.07, 6.45) is 6.25. The van der Waals surface area contributed by atoms with E-state index in [1.807, 2.05) is 0 Å². The van der Waals surface area contributed by atoms with Crippen LogP contribution in [0.1, 0.15) is 10.4 Å². The lowest BCUT2D eigenvalue weighted by Gasteiger charge is -2.05. The largest absolute Gasteiger partial charge is 0.478 e. The first-order valence-corrected chi connectivity index (χ1v) is 4.85. The molecule has 2 rings (SSSR count). The van der Waals surface area contributed by atoms with Crippen molar-refractivity contribution in [3.8, 4) is 5.82 Å². The Labute approximate surface area is 93.5 Å². The second-order valence-corrected chi connectivity index (χ2v) is 3.72. The molecule has 0 saturated heterocycles. The fourth-order valence-electron chi connectivity index (χ4n) is 1.18. The lowest BCUT2D eigenvalue weighted by molar-refractivity contribution is 0.0696. The Balaban J connectivity index is 2.61. The molecule has 0 aliphatic rings. The monoisotopic (exact) mass is 267 g/mol. The van der Waals surface area contributed by atoms with Crippen LogP contribution in [0.25, 0.3) is 5.82 Å². The second kappa shape index (κ2) is 3.82. The number of rotatable bonds is 2. The summed E-state index contributed by atoms with van der Waals surface area (Å²) < 4.78 is 2.18. The van der Waals surface area contributed by atoms with Crippen LogP contribution in [0.15, 0.2) is 35.5 Å². The Hall–Kier alpha value is -1.69. The van der Waals surface area contributed by atoms with E-state index >= 15 is 0 Å². The summed E-state index contributed by atoms with van der Waals surface area (Å²) in [6.45, 7) is 0. The maximum absolute atomic E-state index is 11.0. The molecule has 2 heterocycles. The molecule has 0 aliphatic heterocycles.